The van der Waals surface area contributed by atoms with Gasteiger partial charge in [-0.1, -0.05) is 24.3 Å². The quantitative estimate of drug-likeness (QED) is 0.774. The molecule has 0 aliphatic carbocycles. The summed E-state index contributed by atoms with van der Waals surface area (Å²) in [6.07, 6.45) is 0.681. The molecule has 0 bridgehead atoms. The standard InChI is InChI=1S/C12H18O3/c1-14-9-12(15-2)11-5-3-10(4-6-11)7-8-13/h3-6,12-13H,7-9H2,1-2H3. The molecule has 0 aliphatic rings. The minimum Gasteiger partial charge on any atom is -0.396 e. The third-order valence-corrected chi connectivity index (χ3v) is 2.35. The van der Waals surface area contributed by atoms with Crippen LogP contribution in [-0.4, -0.2) is 32.5 Å². The summed E-state index contributed by atoms with van der Waals surface area (Å²) in [6.45, 7) is 0.737. The maximum atomic E-state index is 8.78. The predicted molar refractivity (Wildman–Crippen MR) is 58.9 cm³/mol. The minimum absolute atomic E-state index is 0.0156. The number of benzene rings is 1. The van der Waals surface area contributed by atoms with Crippen molar-refractivity contribution in [2.45, 2.75) is 12.5 Å². The molecule has 15 heavy (non-hydrogen) atoms. The predicted octanol–water partition coefficient (Wildman–Crippen LogP) is 1.56. The lowest BCUT2D eigenvalue weighted by molar-refractivity contribution is 0.0275. The minimum atomic E-state index is -0.0156. The fourth-order valence-electron chi connectivity index (χ4n) is 1.48. The van der Waals surface area contributed by atoms with Crippen molar-refractivity contribution in [3.05, 3.63) is 35.4 Å². The molecule has 0 radical (unpaired) electrons. The van der Waals surface area contributed by atoms with Crippen LogP contribution in [0.5, 0.6) is 0 Å². The fourth-order valence-corrected chi connectivity index (χ4v) is 1.48. The highest BCUT2D eigenvalue weighted by atomic mass is 16.5. The molecule has 84 valence electrons. The van der Waals surface area contributed by atoms with Gasteiger partial charge in [-0.3, -0.25) is 0 Å². The fraction of sp³-hybridized carbons (Fsp3) is 0.500. The van der Waals surface area contributed by atoms with Gasteiger partial charge in [-0.15, -0.1) is 0 Å². The third kappa shape index (κ3) is 3.63. The number of aliphatic hydroxyl groups excluding tert-OH is 1. The van der Waals surface area contributed by atoms with Crippen LogP contribution in [0, 0.1) is 0 Å². The zero-order valence-electron chi connectivity index (χ0n) is 9.27. The highest BCUT2D eigenvalue weighted by Gasteiger charge is 2.09. The van der Waals surface area contributed by atoms with Gasteiger partial charge in [-0.2, -0.15) is 0 Å². The average Bonchev–Trinajstić information content (AvgIpc) is 2.28. The summed E-state index contributed by atoms with van der Waals surface area (Å²) in [6, 6.07) is 8.04. The molecule has 1 aromatic carbocycles. The maximum Gasteiger partial charge on any atom is 0.105 e. The van der Waals surface area contributed by atoms with E-state index < -0.39 is 0 Å². The van der Waals surface area contributed by atoms with Crippen molar-refractivity contribution in [3.8, 4) is 0 Å². The molecule has 0 saturated carbocycles. The van der Waals surface area contributed by atoms with Crippen LogP contribution in [0.3, 0.4) is 0 Å². The summed E-state index contributed by atoms with van der Waals surface area (Å²) in [5.74, 6) is 0. The van der Waals surface area contributed by atoms with Gasteiger partial charge in [0.1, 0.15) is 6.10 Å². The van der Waals surface area contributed by atoms with E-state index in [9.17, 15) is 0 Å². The van der Waals surface area contributed by atoms with E-state index in [-0.39, 0.29) is 12.7 Å². The second-order valence-corrected chi connectivity index (χ2v) is 3.39. The summed E-state index contributed by atoms with van der Waals surface area (Å²) in [7, 11) is 3.33. The van der Waals surface area contributed by atoms with Crippen LogP contribution in [-0.2, 0) is 15.9 Å². The van der Waals surface area contributed by atoms with Gasteiger partial charge in [0, 0.05) is 20.8 Å². The SMILES string of the molecule is COCC(OC)c1ccc(CCO)cc1. The molecular weight excluding hydrogens is 192 g/mol. The Balaban J connectivity index is 2.68. The second kappa shape index (κ2) is 6.56. The largest absolute Gasteiger partial charge is 0.396 e. The first-order valence-electron chi connectivity index (χ1n) is 5.03. The van der Waals surface area contributed by atoms with E-state index >= 15 is 0 Å². The molecule has 0 fully saturated rings. The van der Waals surface area contributed by atoms with Crippen LogP contribution in [0.15, 0.2) is 24.3 Å². The molecule has 0 spiro atoms. The number of hydrogen-bond donors (Lipinski definition) is 1. The molecule has 1 rings (SSSR count). The lowest BCUT2D eigenvalue weighted by atomic mass is 10.1. The van der Waals surface area contributed by atoms with Crippen molar-refractivity contribution >= 4 is 0 Å². The van der Waals surface area contributed by atoms with Crippen molar-refractivity contribution in [2.24, 2.45) is 0 Å². The van der Waals surface area contributed by atoms with E-state index in [2.05, 4.69) is 0 Å². The number of ether oxygens (including phenoxy) is 2. The lowest BCUT2D eigenvalue weighted by Gasteiger charge is -2.14. The van der Waals surface area contributed by atoms with Crippen LogP contribution in [0.1, 0.15) is 17.2 Å². The van der Waals surface area contributed by atoms with E-state index in [0.717, 1.165) is 11.1 Å². The monoisotopic (exact) mass is 210 g/mol. The zero-order valence-corrected chi connectivity index (χ0v) is 9.27. The highest BCUT2D eigenvalue weighted by molar-refractivity contribution is 5.24. The molecule has 1 atom stereocenters. The first-order valence-corrected chi connectivity index (χ1v) is 5.03. The van der Waals surface area contributed by atoms with E-state index in [1.165, 1.54) is 0 Å². The van der Waals surface area contributed by atoms with E-state index in [4.69, 9.17) is 14.6 Å². The first-order chi connectivity index (χ1) is 7.31. The van der Waals surface area contributed by atoms with Gasteiger partial charge in [0.2, 0.25) is 0 Å². The Morgan fingerprint density at radius 2 is 1.87 bits per heavy atom. The van der Waals surface area contributed by atoms with E-state index in [1.807, 2.05) is 24.3 Å². The van der Waals surface area contributed by atoms with Gasteiger partial charge in [0.05, 0.1) is 6.61 Å². The van der Waals surface area contributed by atoms with Crippen LogP contribution in [0.25, 0.3) is 0 Å². The summed E-state index contributed by atoms with van der Waals surface area (Å²) >= 11 is 0. The van der Waals surface area contributed by atoms with Gasteiger partial charge >= 0.3 is 0 Å². The maximum absolute atomic E-state index is 8.78. The molecule has 0 aromatic heterocycles. The third-order valence-electron chi connectivity index (χ3n) is 2.35. The molecule has 3 heteroatoms. The van der Waals surface area contributed by atoms with Gasteiger partial charge in [0.15, 0.2) is 0 Å². The number of aliphatic hydroxyl groups is 1. The number of hydrogen-bond acceptors (Lipinski definition) is 3. The number of methoxy groups -OCH3 is 2. The second-order valence-electron chi connectivity index (χ2n) is 3.39. The Kier molecular flexibility index (Phi) is 5.32. The first kappa shape index (κ1) is 12.2. The van der Waals surface area contributed by atoms with Crippen molar-refractivity contribution in [1.82, 2.24) is 0 Å². The Morgan fingerprint density at radius 1 is 1.20 bits per heavy atom. The molecule has 0 heterocycles. The zero-order chi connectivity index (χ0) is 11.1. The van der Waals surface area contributed by atoms with Gasteiger partial charge < -0.3 is 14.6 Å². The van der Waals surface area contributed by atoms with Crippen molar-refractivity contribution in [3.63, 3.8) is 0 Å². The summed E-state index contributed by atoms with van der Waals surface area (Å²) in [5.41, 5.74) is 2.23. The number of rotatable bonds is 6. The molecule has 1 unspecified atom stereocenters. The Hall–Kier alpha value is -0.900. The molecule has 0 aliphatic heterocycles. The van der Waals surface area contributed by atoms with Crippen molar-refractivity contribution in [2.75, 3.05) is 27.4 Å². The van der Waals surface area contributed by atoms with Crippen LogP contribution in [0.2, 0.25) is 0 Å². The highest BCUT2D eigenvalue weighted by Crippen LogP contribution is 2.17. The smallest absolute Gasteiger partial charge is 0.105 e. The van der Waals surface area contributed by atoms with E-state index in [0.29, 0.717) is 13.0 Å². The van der Waals surface area contributed by atoms with Gasteiger partial charge in [-0.05, 0) is 17.5 Å². The Morgan fingerprint density at radius 3 is 2.33 bits per heavy atom. The molecule has 0 amide bonds. The lowest BCUT2D eigenvalue weighted by Crippen LogP contribution is -2.08. The van der Waals surface area contributed by atoms with Crippen LogP contribution < -0.4 is 0 Å². The van der Waals surface area contributed by atoms with Gasteiger partial charge in [-0.25, -0.2) is 0 Å². The molecule has 1 N–H and O–H groups in total. The topological polar surface area (TPSA) is 38.7 Å². The molecule has 1 aromatic rings. The molecule has 0 saturated heterocycles. The van der Waals surface area contributed by atoms with Crippen LogP contribution >= 0.6 is 0 Å². The van der Waals surface area contributed by atoms with Crippen molar-refractivity contribution < 1.29 is 14.6 Å². The van der Waals surface area contributed by atoms with Gasteiger partial charge in [0.25, 0.3) is 0 Å². The normalized spacial score (nSPS) is 12.7. The molecule has 3 nitrogen and oxygen atoms in total. The average molecular weight is 210 g/mol. The van der Waals surface area contributed by atoms with Crippen molar-refractivity contribution in [1.29, 1.82) is 0 Å². The molecular formula is C12H18O3. The van der Waals surface area contributed by atoms with Crippen LogP contribution in [0.4, 0.5) is 0 Å². The summed E-state index contributed by atoms with van der Waals surface area (Å²) in [5, 5.41) is 8.78. The summed E-state index contributed by atoms with van der Waals surface area (Å²) in [4.78, 5) is 0. The Bertz CT molecular complexity index is 269. The summed E-state index contributed by atoms with van der Waals surface area (Å²) < 4.78 is 10.4. The Labute approximate surface area is 90.6 Å². The van der Waals surface area contributed by atoms with E-state index in [1.54, 1.807) is 14.2 Å².